The van der Waals surface area contributed by atoms with E-state index in [4.69, 9.17) is 14.2 Å². The second kappa shape index (κ2) is 12.7. The van der Waals surface area contributed by atoms with Gasteiger partial charge in [0.2, 0.25) is 11.8 Å². The maximum Gasteiger partial charge on any atom is 0.238 e. The van der Waals surface area contributed by atoms with Crippen LogP contribution < -0.4 is 19.1 Å². The fourth-order valence-corrected chi connectivity index (χ4v) is 8.06. The van der Waals surface area contributed by atoms with E-state index in [0.29, 0.717) is 40.3 Å². The van der Waals surface area contributed by atoms with Crippen LogP contribution in [0, 0.1) is 17.8 Å². The number of rotatable bonds is 7. The Kier molecular flexibility index (Phi) is 8.36. The average molecular weight is 723 g/mol. The number of anilines is 1. The zero-order chi connectivity index (χ0) is 34.6. The van der Waals surface area contributed by atoms with Gasteiger partial charge in [-0.05, 0) is 88.3 Å². The van der Waals surface area contributed by atoms with E-state index < -0.39 is 23.7 Å². The maximum atomic E-state index is 14.3. The number of ketones is 2. The molecule has 0 spiro atoms. The smallest absolute Gasteiger partial charge is 0.238 e. The van der Waals surface area contributed by atoms with E-state index in [-0.39, 0.29) is 45.8 Å². The Morgan fingerprint density at radius 1 is 0.837 bits per heavy atom. The van der Waals surface area contributed by atoms with Crippen molar-refractivity contribution in [1.29, 1.82) is 0 Å². The summed E-state index contributed by atoms with van der Waals surface area (Å²) in [5, 5.41) is 10.7. The highest BCUT2D eigenvalue weighted by molar-refractivity contribution is 9.12. The number of phenols is 1. The number of halogens is 1. The quantitative estimate of drug-likeness (QED) is 0.126. The minimum absolute atomic E-state index is 0.107. The van der Waals surface area contributed by atoms with Gasteiger partial charge < -0.3 is 19.3 Å². The highest BCUT2D eigenvalue weighted by atomic mass is 79.9. The summed E-state index contributed by atoms with van der Waals surface area (Å²) in [5.41, 5.74) is 4.20. The first-order valence-electron chi connectivity index (χ1n) is 15.8. The molecule has 248 valence electrons. The number of hydrogen-bond donors (Lipinski definition) is 1. The van der Waals surface area contributed by atoms with Crippen LogP contribution >= 0.6 is 15.9 Å². The molecule has 9 nitrogen and oxygen atoms in total. The van der Waals surface area contributed by atoms with Crippen molar-refractivity contribution in [1.82, 2.24) is 0 Å². The largest absolute Gasteiger partial charge is 0.504 e. The summed E-state index contributed by atoms with van der Waals surface area (Å²) in [6, 6.07) is 17.6. The van der Waals surface area contributed by atoms with Gasteiger partial charge in [-0.1, -0.05) is 42.0 Å². The molecule has 1 fully saturated rings. The SMILES string of the molecule is COc1ccc(OC)c(C=Cc2ccc(N3C(=O)C4CC=C5C(c6ccc(OC)c(O)c6)C6=C(CC5C4C3=O)C(=O)C(Br)=CC6=O)cc2)c1. The first-order valence-corrected chi connectivity index (χ1v) is 16.6. The summed E-state index contributed by atoms with van der Waals surface area (Å²) in [5.74, 6) is -2.20. The molecule has 3 aliphatic carbocycles. The van der Waals surface area contributed by atoms with Gasteiger partial charge in [-0.3, -0.25) is 24.1 Å². The van der Waals surface area contributed by atoms with Crippen LogP contribution in [-0.2, 0) is 19.2 Å². The summed E-state index contributed by atoms with van der Waals surface area (Å²) >= 11 is 3.25. The van der Waals surface area contributed by atoms with E-state index in [1.165, 1.54) is 24.2 Å². The molecule has 10 heteroatoms. The normalized spacial score (nSPS) is 23.2. The number of allylic oxidation sites excluding steroid dienone is 6. The van der Waals surface area contributed by atoms with E-state index >= 15 is 0 Å². The molecule has 0 bridgehead atoms. The first kappa shape index (κ1) is 32.3. The minimum atomic E-state index is -0.719. The van der Waals surface area contributed by atoms with Crippen LogP contribution in [0.3, 0.4) is 0 Å². The van der Waals surface area contributed by atoms with E-state index in [9.17, 15) is 24.3 Å². The number of benzene rings is 3. The summed E-state index contributed by atoms with van der Waals surface area (Å²) in [6.07, 6.45) is 7.50. The number of aromatic hydroxyl groups is 1. The summed E-state index contributed by atoms with van der Waals surface area (Å²) < 4.78 is 16.2. The molecule has 2 amide bonds. The van der Waals surface area contributed by atoms with Crippen molar-refractivity contribution in [3.63, 3.8) is 0 Å². The lowest BCUT2D eigenvalue weighted by Gasteiger charge is -2.42. The molecule has 4 atom stereocenters. The van der Waals surface area contributed by atoms with Gasteiger partial charge in [0.25, 0.3) is 0 Å². The van der Waals surface area contributed by atoms with Crippen LogP contribution in [0.4, 0.5) is 5.69 Å². The molecule has 49 heavy (non-hydrogen) atoms. The highest BCUT2D eigenvalue weighted by Crippen LogP contribution is 2.56. The predicted molar refractivity (Wildman–Crippen MR) is 187 cm³/mol. The van der Waals surface area contributed by atoms with Gasteiger partial charge in [0, 0.05) is 28.7 Å². The molecule has 0 aromatic heterocycles. The molecule has 0 radical (unpaired) electrons. The van der Waals surface area contributed by atoms with E-state index in [2.05, 4.69) is 15.9 Å². The lowest BCUT2D eigenvalue weighted by Crippen LogP contribution is -2.39. The van der Waals surface area contributed by atoms with Gasteiger partial charge >= 0.3 is 0 Å². The topological polar surface area (TPSA) is 119 Å². The molecule has 3 aromatic carbocycles. The third kappa shape index (κ3) is 5.40. The van der Waals surface area contributed by atoms with Crippen LogP contribution in [0.5, 0.6) is 23.0 Å². The number of phenolic OH excluding ortho intramolecular Hbond substituents is 1. The molecular formula is C39H32BrNO8. The van der Waals surface area contributed by atoms with Gasteiger partial charge in [0.1, 0.15) is 11.5 Å². The van der Waals surface area contributed by atoms with E-state index in [1.807, 2.05) is 48.6 Å². The summed E-state index contributed by atoms with van der Waals surface area (Å²) in [6.45, 7) is 0. The standard InChI is InChI=1S/C39H32BrNO8/c1-47-24-11-15-32(48-2)21(16-24)7-4-20-5-9-23(10-6-20)41-38(45)26-13-12-25-27(35(26)39(41)46)18-28-36(31(43)19-29(40)37(28)44)34(25)22-8-14-33(49-3)30(42)17-22/h4-12,14-17,19,26-27,34-35,42H,13,18H2,1-3H3. The lowest BCUT2D eigenvalue weighted by atomic mass is 9.59. The molecule has 1 N–H and O–H groups in total. The number of amides is 2. The Balaban J connectivity index is 1.21. The lowest BCUT2D eigenvalue weighted by molar-refractivity contribution is -0.123. The van der Waals surface area contributed by atoms with Gasteiger partial charge in [-0.15, -0.1) is 0 Å². The van der Waals surface area contributed by atoms with Crippen molar-refractivity contribution in [2.24, 2.45) is 17.8 Å². The number of imide groups is 1. The number of fused-ring (bicyclic) bond motifs is 3. The number of hydrogen-bond acceptors (Lipinski definition) is 8. The Morgan fingerprint density at radius 3 is 2.27 bits per heavy atom. The second-order valence-corrected chi connectivity index (χ2v) is 13.2. The number of carbonyl (C=O) groups excluding carboxylic acids is 4. The van der Waals surface area contributed by atoms with Gasteiger partial charge in [-0.25, -0.2) is 0 Å². The summed E-state index contributed by atoms with van der Waals surface area (Å²) in [7, 11) is 4.65. The van der Waals surface area contributed by atoms with Crippen molar-refractivity contribution in [3.05, 3.63) is 111 Å². The maximum absolute atomic E-state index is 14.3. The molecule has 1 heterocycles. The molecule has 4 aliphatic rings. The average Bonchev–Trinajstić information content (AvgIpc) is 3.37. The molecule has 0 saturated carbocycles. The molecule has 4 unspecified atom stereocenters. The zero-order valence-electron chi connectivity index (χ0n) is 26.9. The van der Waals surface area contributed by atoms with Crippen LogP contribution in [0.1, 0.15) is 35.4 Å². The second-order valence-electron chi connectivity index (χ2n) is 12.4. The number of carbonyl (C=O) groups is 4. The summed E-state index contributed by atoms with van der Waals surface area (Å²) in [4.78, 5) is 56.4. The van der Waals surface area contributed by atoms with Crippen LogP contribution in [0.2, 0.25) is 0 Å². The first-order chi connectivity index (χ1) is 23.6. The zero-order valence-corrected chi connectivity index (χ0v) is 28.5. The minimum Gasteiger partial charge on any atom is -0.504 e. The molecule has 1 aliphatic heterocycles. The number of Topliss-reactive ketones (excluding diaryl/α,β-unsaturated/α-hetero) is 1. The number of ether oxygens (including phenoxy) is 3. The predicted octanol–water partition coefficient (Wildman–Crippen LogP) is 6.56. The van der Waals surface area contributed by atoms with E-state index in [1.54, 1.807) is 38.5 Å². The van der Waals surface area contributed by atoms with E-state index in [0.717, 1.165) is 16.7 Å². The fraction of sp³-hybridized carbons (Fsp3) is 0.231. The van der Waals surface area contributed by atoms with Gasteiger partial charge in [0.05, 0.1) is 43.3 Å². The molecule has 1 saturated heterocycles. The number of nitrogens with zero attached hydrogens (tertiary/aromatic N) is 1. The molecule has 3 aromatic rings. The van der Waals surface area contributed by atoms with Crippen LogP contribution in [0.15, 0.2) is 94.0 Å². The van der Waals surface area contributed by atoms with Crippen molar-refractivity contribution in [3.8, 4) is 23.0 Å². The number of methoxy groups -OCH3 is 3. The van der Waals surface area contributed by atoms with Crippen molar-refractivity contribution in [2.75, 3.05) is 26.2 Å². The third-order valence-corrected chi connectivity index (χ3v) is 10.5. The van der Waals surface area contributed by atoms with Crippen molar-refractivity contribution in [2.45, 2.75) is 18.8 Å². The van der Waals surface area contributed by atoms with Crippen LogP contribution in [-0.4, -0.2) is 49.8 Å². The molecule has 7 rings (SSSR count). The molecular weight excluding hydrogens is 690 g/mol. The van der Waals surface area contributed by atoms with Gasteiger partial charge in [-0.2, -0.15) is 0 Å². The Hall–Kier alpha value is -5.22. The fourth-order valence-electron chi connectivity index (χ4n) is 7.62. The van der Waals surface area contributed by atoms with Crippen molar-refractivity contribution >= 4 is 57.2 Å². The third-order valence-electron chi connectivity index (χ3n) is 9.91. The highest BCUT2D eigenvalue weighted by Gasteiger charge is 2.56. The van der Waals surface area contributed by atoms with Crippen LogP contribution in [0.25, 0.3) is 12.2 Å². The monoisotopic (exact) mass is 721 g/mol. The Labute approximate surface area is 291 Å². The van der Waals surface area contributed by atoms with Gasteiger partial charge in [0.15, 0.2) is 23.1 Å². The Morgan fingerprint density at radius 2 is 1.57 bits per heavy atom. The Bertz CT molecular complexity index is 2060. The van der Waals surface area contributed by atoms with Crippen molar-refractivity contribution < 1.29 is 38.5 Å².